The van der Waals surface area contributed by atoms with Crippen LogP contribution in [0.15, 0.2) is 34.9 Å². The van der Waals surface area contributed by atoms with Gasteiger partial charge in [0, 0.05) is 5.92 Å². The summed E-state index contributed by atoms with van der Waals surface area (Å²) in [5.41, 5.74) is 7.47. The van der Waals surface area contributed by atoms with Crippen molar-refractivity contribution < 1.29 is 4.52 Å². The normalized spacial score (nSPS) is 27.5. The van der Waals surface area contributed by atoms with Gasteiger partial charge in [0.2, 0.25) is 5.89 Å². The largest absolute Gasteiger partial charge is 0.339 e. The molecule has 4 heteroatoms. The average Bonchev–Trinajstić information content (AvgIpc) is 3.17. The SMILES string of the molecule is NC1(c2noc(C3CC3c3ccccc3)n2)CCCCC1. The fraction of sp³-hybridized carbons (Fsp3) is 0.529. The second-order valence-electron chi connectivity index (χ2n) is 6.53. The van der Waals surface area contributed by atoms with E-state index < -0.39 is 0 Å². The van der Waals surface area contributed by atoms with E-state index in [0.29, 0.717) is 11.8 Å². The van der Waals surface area contributed by atoms with E-state index in [0.717, 1.165) is 43.8 Å². The van der Waals surface area contributed by atoms with Crippen LogP contribution in [-0.4, -0.2) is 10.1 Å². The molecule has 2 saturated carbocycles. The predicted octanol–water partition coefficient (Wildman–Crippen LogP) is 3.46. The van der Waals surface area contributed by atoms with Crippen LogP contribution in [0.25, 0.3) is 0 Å². The first kappa shape index (κ1) is 13.0. The van der Waals surface area contributed by atoms with E-state index in [1.807, 2.05) is 6.07 Å². The van der Waals surface area contributed by atoms with Crippen LogP contribution in [0.2, 0.25) is 0 Å². The van der Waals surface area contributed by atoms with E-state index in [1.165, 1.54) is 12.0 Å². The highest BCUT2D eigenvalue weighted by atomic mass is 16.5. The van der Waals surface area contributed by atoms with E-state index in [4.69, 9.17) is 10.3 Å². The summed E-state index contributed by atoms with van der Waals surface area (Å²) in [5, 5.41) is 4.19. The second-order valence-corrected chi connectivity index (χ2v) is 6.53. The maximum Gasteiger partial charge on any atom is 0.230 e. The Bertz CT molecular complexity index is 616. The van der Waals surface area contributed by atoms with E-state index in [-0.39, 0.29) is 5.54 Å². The van der Waals surface area contributed by atoms with Crippen molar-refractivity contribution in [2.75, 3.05) is 0 Å². The van der Waals surface area contributed by atoms with Crippen molar-refractivity contribution in [2.45, 2.75) is 55.9 Å². The van der Waals surface area contributed by atoms with Gasteiger partial charge in [-0.2, -0.15) is 4.98 Å². The standard InChI is InChI=1S/C17H21N3O/c18-17(9-5-2-6-10-17)16-19-15(21-20-16)14-11-13(14)12-7-3-1-4-8-12/h1,3-4,7-8,13-14H,2,5-6,9-11,18H2. The zero-order valence-electron chi connectivity index (χ0n) is 12.2. The molecule has 4 nitrogen and oxygen atoms in total. The smallest absolute Gasteiger partial charge is 0.230 e. The van der Waals surface area contributed by atoms with E-state index in [2.05, 4.69) is 34.4 Å². The summed E-state index contributed by atoms with van der Waals surface area (Å²) in [7, 11) is 0. The van der Waals surface area contributed by atoms with Gasteiger partial charge < -0.3 is 10.3 Å². The first-order chi connectivity index (χ1) is 10.3. The maximum absolute atomic E-state index is 6.48. The minimum atomic E-state index is -0.364. The topological polar surface area (TPSA) is 64.9 Å². The molecule has 1 aromatic heterocycles. The van der Waals surface area contributed by atoms with Crippen molar-refractivity contribution in [1.82, 2.24) is 10.1 Å². The number of hydrogen-bond donors (Lipinski definition) is 1. The average molecular weight is 283 g/mol. The molecule has 2 atom stereocenters. The molecule has 2 aliphatic rings. The summed E-state index contributed by atoms with van der Waals surface area (Å²) in [6, 6.07) is 10.6. The lowest BCUT2D eigenvalue weighted by atomic mass is 9.82. The minimum Gasteiger partial charge on any atom is -0.339 e. The molecule has 0 saturated heterocycles. The molecule has 2 aliphatic carbocycles. The summed E-state index contributed by atoms with van der Waals surface area (Å²) in [4.78, 5) is 4.64. The molecule has 2 aromatic rings. The van der Waals surface area contributed by atoms with Gasteiger partial charge in [0.1, 0.15) is 0 Å². The van der Waals surface area contributed by atoms with Gasteiger partial charge in [-0.05, 0) is 30.7 Å². The second kappa shape index (κ2) is 4.95. The molecule has 0 spiro atoms. The lowest BCUT2D eigenvalue weighted by Gasteiger charge is -2.29. The summed E-state index contributed by atoms with van der Waals surface area (Å²) >= 11 is 0. The van der Waals surface area contributed by atoms with Crippen molar-refractivity contribution in [1.29, 1.82) is 0 Å². The zero-order valence-corrected chi connectivity index (χ0v) is 12.2. The van der Waals surface area contributed by atoms with E-state index in [9.17, 15) is 0 Å². The molecular formula is C17H21N3O. The van der Waals surface area contributed by atoms with Crippen molar-refractivity contribution in [2.24, 2.45) is 5.73 Å². The van der Waals surface area contributed by atoms with Gasteiger partial charge >= 0.3 is 0 Å². The first-order valence-corrected chi connectivity index (χ1v) is 7.94. The third kappa shape index (κ3) is 2.38. The zero-order chi connectivity index (χ0) is 14.3. The van der Waals surface area contributed by atoms with Crippen LogP contribution in [0.1, 0.15) is 67.6 Å². The van der Waals surface area contributed by atoms with Crippen molar-refractivity contribution >= 4 is 0 Å². The summed E-state index contributed by atoms with van der Waals surface area (Å²) < 4.78 is 5.52. The van der Waals surface area contributed by atoms with Crippen LogP contribution in [0.3, 0.4) is 0 Å². The molecule has 0 aliphatic heterocycles. The molecule has 1 heterocycles. The molecule has 110 valence electrons. The van der Waals surface area contributed by atoms with Crippen LogP contribution in [0.5, 0.6) is 0 Å². The van der Waals surface area contributed by atoms with Crippen LogP contribution in [0.4, 0.5) is 0 Å². The molecule has 1 aromatic carbocycles. The summed E-state index contributed by atoms with van der Waals surface area (Å²) in [6.45, 7) is 0. The molecule has 2 unspecified atom stereocenters. The fourth-order valence-electron chi connectivity index (χ4n) is 3.53. The van der Waals surface area contributed by atoms with E-state index in [1.54, 1.807) is 0 Å². The molecule has 4 rings (SSSR count). The molecule has 0 radical (unpaired) electrons. The van der Waals surface area contributed by atoms with Gasteiger partial charge in [-0.25, -0.2) is 0 Å². The van der Waals surface area contributed by atoms with E-state index >= 15 is 0 Å². The number of aromatic nitrogens is 2. The molecule has 2 fully saturated rings. The van der Waals surface area contributed by atoms with Crippen molar-refractivity contribution in [3.8, 4) is 0 Å². The lowest BCUT2D eigenvalue weighted by molar-refractivity contribution is 0.273. The lowest BCUT2D eigenvalue weighted by Crippen LogP contribution is -2.39. The highest BCUT2D eigenvalue weighted by molar-refractivity contribution is 5.30. The highest BCUT2D eigenvalue weighted by Gasteiger charge is 2.45. The van der Waals surface area contributed by atoms with Crippen molar-refractivity contribution in [3.05, 3.63) is 47.6 Å². The third-order valence-electron chi connectivity index (χ3n) is 4.97. The van der Waals surface area contributed by atoms with Gasteiger partial charge in [-0.3, -0.25) is 0 Å². The minimum absolute atomic E-state index is 0.364. The van der Waals surface area contributed by atoms with Gasteiger partial charge in [0.25, 0.3) is 0 Å². The number of rotatable bonds is 3. The predicted molar refractivity (Wildman–Crippen MR) is 79.8 cm³/mol. The Kier molecular flexibility index (Phi) is 3.07. The van der Waals surface area contributed by atoms with Crippen LogP contribution in [-0.2, 0) is 5.54 Å². The van der Waals surface area contributed by atoms with Crippen LogP contribution in [0, 0.1) is 0 Å². The molecular weight excluding hydrogens is 262 g/mol. The molecule has 2 N–H and O–H groups in total. The van der Waals surface area contributed by atoms with Crippen molar-refractivity contribution in [3.63, 3.8) is 0 Å². The monoisotopic (exact) mass is 283 g/mol. The third-order valence-corrected chi connectivity index (χ3v) is 4.97. The fourth-order valence-corrected chi connectivity index (χ4v) is 3.53. The molecule has 21 heavy (non-hydrogen) atoms. The van der Waals surface area contributed by atoms with Gasteiger partial charge in [-0.1, -0.05) is 54.8 Å². The number of nitrogens with two attached hydrogens (primary N) is 1. The summed E-state index contributed by atoms with van der Waals surface area (Å²) in [5.74, 6) is 2.39. The van der Waals surface area contributed by atoms with Gasteiger partial charge in [0.05, 0.1) is 5.54 Å². The Hall–Kier alpha value is -1.68. The molecule has 0 amide bonds. The molecule has 0 bridgehead atoms. The van der Waals surface area contributed by atoms with Gasteiger partial charge in [0.15, 0.2) is 5.82 Å². The maximum atomic E-state index is 6.48. The number of nitrogens with zero attached hydrogens (tertiary/aromatic N) is 2. The summed E-state index contributed by atoms with van der Waals surface area (Å²) in [6.07, 6.45) is 6.63. The van der Waals surface area contributed by atoms with Crippen LogP contribution >= 0.6 is 0 Å². The first-order valence-electron chi connectivity index (χ1n) is 7.94. The number of hydrogen-bond acceptors (Lipinski definition) is 4. The Morgan fingerprint density at radius 3 is 2.57 bits per heavy atom. The van der Waals surface area contributed by atoms with Crippen LogP contribution < -0.4 is 5.73 Å². The Morgan fingerprint density at radius 2 is 1.81 bits per heavy atom. The Labute approximate surface area is 124 Å². The quantitative estimate of drug-likeness (QED) is 0.937. The highest BCUT2D eigenvalue weighted by Crippen LogP contribution is 2.54. The number of benzene rings is 1. The Morgan fingerprint density at radius 1 is 1.05 bits per heavy atom. The Balaban J connectivity index is 1.51. The van der Waals surface area contributed by atoms with Gasteiger partial charge in [-0.15, -0.1) is 0 Å².